The van der Waals surface area contributed by atoms with Gasteiger partial charge in [0.05, 0.1) is 36.2 Å². The summed E-state index contributed by atoms with van der Waals surface area (Å²) in [4.78, 5) is 4.72. The van der Waals surface area contributed by atoms with Gasteiger partial charge in [-0.2, -0.15) is 0 Å². The highest BCUT2D eigenvalue weighted by atomic mass is 32.2. The summed E-state index contributed by atoms with van der Waals surface area (Å²) < 4.78 is 13.2. The van der Waals surface area contributed by atoms with Crippen LogP contribution in [0.5, 0.6) is 5.75 Å². The average Bonchev–Trinajstić information content (AvgIpc) is 3.48. The molecule has 4 aromatic rings. The molecule has 0 fully saturated rings. The van der Waals surface area contributed by atoms with E-state index in [-0.39, 0.29) is 0 Å². The van der Waals surface area contributed by atoms with Crippen molar-refractivity contribution in [2.75, 3.05) is 7.11 Å². The maximum atomic E-state index is 5.57. The molecule has 0 amide bonds. The standard InChI is InChI=1S/C21H22N4O2S2/c1-14(2)20-22-15(12-28-20)13-29-21-24-23-19(17-8-4-5-9-18(17)26-3)25(21)11-16-7-6-10-27-16/h4-10,12,14H,11,13H2,1-3H3. The topological polar surface area (TPSA) is 66.0 Å². The van der Waals surface area contributed by atoms with Crippen LogP contribution in [0.2, 0.25) is 0 Å². The first-order valence-corrected chi connectivity index (χ1v) is 11.2. The SMILES string of the molecule is COc1ccccc1-c1nnc(SCc2csc(C(C)C)n2)n1Cc1ccco1. The fourth-order valence-electron chi connectivity index (χ4n) is 2.92. The van der Waals surface area contributed by atoms with Gasteiger partial charge in [-0.05, 0) is 24.3 Å². The van der Waals surface area contributed by atoms with Crippen LogP contribution < -0.4 is 4.74 Å². The minimum Gasteiger partial charge on any atom is -0.496 e. The van der Waals surface area contributed by atoms with Crippen molar-refractivity contribution in [1.29, 1.82) is 0 Å². The fraction of sp³-hybridized carbons (Fsp3) is 0.286. The number of methoxy groups -OCH3 is 1. The molecular weight excluding hydrogens is 404 g/mol. The molecule has 0 unspecified atom stereocenters. The van der Waals surface area contributed by atoms with Crippen LogP contribution in [0.1, 0.15) is 36.2 Å². The van der Waals surface area contributed by atoms with Crippen molar-refractivity contribution in [3.63, 3.8) is 0 Å². The number of thioether (sulfide) groups is 1. The highest BCUT2D eigenvalue weighted by molar-refractivity contribution is 7.98. The van der Waals surface area contributed by atoms with Crippen molar-refractivity contribution in [2.24, 2.45) is 0 Å². The van der Waals surface area contributed by atoms with Crippen LogP contribution in [0, 0.1) is 0 Å². The number of nitrogens with zero attached hydrogens (tertiary/aromatic N) is 4. The van der Waals surface area contributed by atoms with Gasteiger partial charge in [0.2, 0.25) is 0 Å². The van der Waals surface area contributed by atoms with Gasteiger partial charge in [0, 0.05) is 17.1 Å². The highest BCUT2D eigenvalue weighted by Gasteiger charge is 2.19. The lowest BCUT2D eigenvalue weighted by Crippen LogP contribution is -2.04. The van der Waals surface area contributed by atoms with E-state index in [2.05, 4.69) is 34.0 Å². The monoisotopic (exact) mass is 426 g/mol. The second-order valence-electron chi connectivity index (χ2n) is 6.79. The summed E-state index contributed by atoms with van der Waals surface area (Å²) in [6.45, 7) is 4.87. The second kappa shape index (κ2) is 8.84. The van der Waals surface area contributed by atoms with Crippen LogP contribution in [0.4, 0.5) is 0 Å². The first-order valence-electron chi connectivity index (χ1n) is 9.31. The van der Waals surface area contributed by atoms with E-state index in [1.165, 1.54) is 0 Å². The van der Waals surface area contributed by atoms with Gasteiger partial charge in [0.25, 0.3) is 0 Å². The molecule has 1 aromatic carbocycles. The molecule has 0 saturated carbocycles. The Balaban J connectivity index is 1.65. The van der Waals surface area contributed by atoms with Crippen molar-refractivity contribution in [1.82, 2.24) is 19.7 Å². The van der Waals surface area contributed by atoms with Crippen molar-refractivity contribution in [3.05, 3.63) is 64.5 Å². The Hall–Kier alpha value is -2.58. The second-order valence-corrected chi connectivity index (χ2v) is 8.62. The zero-order valence-electron chi connectivity index (χ0n) is 16.5. The smallest absolute Gasteiger partial charge is 0.192 e. The summed E-state index contributed by atoms with van der Waals surface area (Å²) in [7, 11) is 1.66. The molecule has 0 aliphatic rings. The van der Waals surface area contributed by atoms with Crippen LogP contribution in [-0.2, 0) is 12.3 Å². The molecule has 150 valence electrons. The molecule has 4 rings (SSSR count). The number of hydrogen-bond acceptors (Lipinski definition) is 7. The van der Waals surface area contributed by atoms with E-state index in [1.54, 1.807) is 36.5 Å². The highest BCUT2D eigenvalue weighted by Crippen LogP contribution is 2.32. The van der Waals surface area contributed by atoms with Gasteiger partial charge in [-0.15, -0.1) is 21.5 Å². The van der Waals surface area contributed by atoms with Crippen LogP contribution >= 0.6 is 23.1 Å². The van der Waals surface area contributed by atoms with E-state index in [0.29, 0.717) is 12.5 Å². The molecule has 0 aliphatic heterocycles. The lowest BCUT2D eigenvalue weighted by Gasteiger charge is -2.11. The van der Waals surface area contributed by atoms with Gasteiger partial charge in [-0.25, -0.2) is 4.98 Å². The number of ether oxygens (including phenoxy) is 1. The quantitative estimate of drug-likeness (QED) is 0.348. The molecule has 6 nitrogen and oxygen atoms in total. The molecule has 0 saturated heterocycles. The molecule has 0 bridgehead atoms. The number of hydrogen-bond donors (Lipinski definition) is 0. The predicted octanol–water partition coefficient (Wildman–Crippen LogP) is 5.47. The first kappa shape index (κ1) is 19.7. The minimum absolute atomic E-state index is 0.443. The average molecular weight is 427 g/mol. The third kappa shape index (κ3) is 4.38. The zero-order valence-corrected chi connectivity index (χ0v) is 18.2. The van der Waals surface area contributed by atoms with E-state index in [1.807, 2.05) is 36.4 Å². The largest absolute Gasteiger partial charge is 0.496 e. The molecule has 29 heavy (non-hydrogen) atoms. The summed E-state index contributed by atoms with van der Waals surface area (Å²) in [5, 5.41) is 13.0. The molecule has 0 aliphatic carbocycles. The molecule has 3 heterocycles. The predicted molar refractivity (Wildman–Crippen MR) is 116 cm³/mol. The Kier molecular flexibility index (Phi) is 6.01. The molecular formula is C21H22N4O2S2. The number of rotatable bonds is 8. The van der Waals surface area contributed by atoms with Gasteiger partial charge in [0.15, 0.2) is 11.0 Å². The number of furan rings is 1. The van der Waals surface area contributed by atoms with E-state index in [4.69, 9.17) is 14.1 Å². The van der Waals surface area contributed by atoms with Crippen molar-refractivity contribution < 1.29 is 9.15 Å². The van der Waals surface area contributed by atoms with Crippen LogP contribution in [0.25, 0.3) is 11.4 Å². The van der Waals surface area contributed by atoms with Gasteiger partial charge in [-0.3, -0.25) is 4.57 Å². The van der Waals surface area contributed by atoms with Crippen LogP contribution in [0.3, 0.4) is 0 Å². The molecule has 3 aromatic heterocycles. The van der Waals surface area contributed by atoms with Crippen LogP contribution in [0.15, 0.2) is 57.6 Å². The van der Waals surface area contributed by atoms with Gasteiger partial charge in [0.1, 0.15) is 11.5 Å². The Morgan fingerprint density at radius 1 is 1.17 bits per heavy atom. The normalized spacial score (nSPS) is 11.3. The summed E-state index contributed by atoms with van der Waals surface area (Å²) in [5.41, 5.74) is 1.96. The third-order valence-electron chi connectivity index (χ3n) is 4.37. The number of benzene rings is 1. The van der Waals surface area contributed by atoms with E-state index in [9.17, 15) is 0 Å². The molecule has 0 radical (unpaired) electrons. The van der Waals surface area contributed by atoms with E-state index >= 15 is 0 Å². The van der Waals surface area contributed by atoms with Gasteiger partial charge >= 0.3 is 0 Å². The fourth-order valence-corrected chi connectivity index (χ4v) is 4.69. The third-order valence-corrected chi connectivity index (χ3v) is 6.57. The first-order chi connectivity index (χ1) is 14.2. The number of aromatic nitrogens is 4. The molecule has 8 heteroatoms. The van der Waals surface area contributed by atoms with Crippen molar-refractivity contribution in [3.8, 4) is 17.1 Å². The summed E-state index contributed by atoms with van der Waals surface area (Å²) >= 11 is 3.34. The van der Waals surface area contributed by atoms with Gasteiger partial charge in [-0.1, -0.05) is 37.7 Å². The molecule has 0 atom stereocenters. The van der Waals surface area contributed by atoms with E-state index in [0.717, 1.165) is 44.5 Å². The van der Waals surface area contributed by atoms with Crippen LogP contribution in [-0.4, -0.2) is 26.9 Å². The Labute approximate surface area is 178 Å². The Bertz CT molecular complexity index is 1070. The minimum atomic E-state index is 0.443. The van der Waals surface area contributed by atoms with Crippen molar-refractivity contribution >= 4 is 23.1 Å². The lowest BCUT2D eigenvalue weighted by atomic mass is 10.2. The maximum Gasteiger partial charge on any atom is 0.192 e. The zero-order chi connectivity index (χ0) is 20.2. The molecule has 0 N–H and O–H groups in total. The van der Waals surface area contributed by atoms with Crippen molar-refractivity contribution in [2.45, 2.75) is 37.2 Å². The summed E-state index contributed by atoms with van der Waals surface area (Å²) in [6, 6.07) is 11.7. The lowest BCUT2D eigenvalue weighted by molar-refractivity contribution is 0.415. The van der Waals surface area contributed by atoms with E-state index < -0.39 is 0 Å². The number of para-hydroxylation sites is 1. The Morgan fingerprint density at radius 2 is 2.03 bits per heavy atom. The maximum absolute atomic E-state index is 5.57. The number of thiazole rings is 1. The molecule has 0 spiro atoms. The van der Waals surface area contributed by atoms with Gasteiger partial charge < -0.3 is 9.15 Å². The summed E-state index contributed by atoms with van der Waals surface area (Å²) in [6.07, 6.45) is 1.68. The Morgan fingerprint density at radius 3 is 2.76 bits per heavy atom. The summed E-state index contributed by atoms with van der Waals surface area (Å²) in [5.74, 6) is 3.54.